The smallest absolute Gasteiger partial charge is 0.259 e. The van der Waals surface area contributed by atoms with Gasteiger partial charge in [-0.1, -0.05) is 11.6 Å². The molecular weight excluding hydrogens is 368 g/mol. The number of halogens is 1. The van der Waals surface area contributed by atoms with E-state index in [9.17, 15) is 4.79 Å². The van der Waals surface area contributed by atoms with E-state index in [2.05, 4.69) is 15.3 Å². The van der Waals surface area contributed by atoms with Crippen LogP contribution in [0.15, 0.2) is 30.3 Å². The highest BCUT2D eigenvalue weighted by molar-refractivity contribution is 6.33. The van der Waals surface area contributed by atoms with Crippen LogP contribution < -0.4 is 15.8 Å². The topological polar surface area (TPSA) is 102 Å². The van der Waals surface area contributed by atoms with Gasteiger partial charge in [-0.2, -0.15) is 0 Å². The molecule has 1 aliphatic rings. The van der Waals surface area contributed by atoms with E-state index in [1.165, 1.54) is 19.2 Å². The number of aromatic nitrogens is 2. The second-order valence-electron chi connectivity index (χ2n) is 6.38. The first kappa shape index (κ1) is 17.6. The number of amides is 1. The fourth-order valence-electron chi connectivity index (χ4n) is 3.17. The van der Waals surface area contributed by atoms with E-state index in [0.29, 0.717) is 27.7 Å². The fraction of sp³-hybridized carbons (Fsp3) is 0.263. The molecule has 0 bridgehead atoms. The summed E-state index contributed by atoms with van der Waals surface area (Å²) in [6.45, 7) is 0.759. The lowest BCUT2D eigenvalue weighted by Gasteiger charge is -2.11. The fourth-order valence-corrected chi connectivity index (χ4v) is 3.33. The Labute approximate surface area is 160 Å². The molecule has 1 amide bonds. The lowest BCUT2D eigenvalue weighted by Crippen LogP contribution is -2.13. The Morgan fingerprint density at radius 3 is 3.00 bits per heavy atom. The molecule has 1 saturated heterocycles. The molecule has 1 fully saturated rings. The van der Waals surface area contributed by atoms with Crippen LogP contribution in [0.1, 0.15) is 35.1 Å². The number of nitrogens with zero attached hydrogens (tertiary/aromatic N) is 1. The van der Waals surface area contributed by atoms with Crippen molar-refractivity contribution in [3.05, 3.63) is 46.7 Å². The number of fused-ring (bicyclic) bond motifs is 1. The van der Waals surface area contributed by atoms with Crippen LogP contribution in [0.25, 0.3) is 11.0 Å². The predicted molar refractivity (Wildman–Crippen MR) is 104 cm³/mol. The number of anilines is 2. The minimum Gasteiger partial charge on any atom is -0.496 e. The lowest BCUT2D eigenvalue weighted by molar-refractivity contribution is 0.102. The minimum atomic E-state index is -0.341. The zero-order valence-corrected chi connectivity index (χ0v) is 15.5. The number of methoxy groups -OCH3 is 1. The average Bonchev–Trinajstić information content (AvgIpc) is 3.32. The molecule has 1 aromatic heterocycles. The number of nitrogen functional groups attached to an aromatic ring is 1. The van der Waals surface area contributed by atoms with Crippen molar-refractivity contribution in [1.29, 1.82) is 0 Å². The SMILES string of the molecule is COc1cc(N)c(Cl)cc1C(=O)Nc1ccc2nc(C3CCCO3)[nH]c2c1. The number of carbonyl (C=O) groups is 1. The van der Waals surface area contributed by atoms with Gasteiger partial charge < -0.3 is 25.5 Å². The third-order valence-corrected chi connectivity index (χ3v) is 4.88. The van der Waals surface area contributed by atoms with Crippen LogP contribution in [0.4, 0.5) is 11.4 Å². The Kier molecular flexibility index (Phi) is 4.63. The zero-order valence-electron chi connectivity index (χ0n) is 14.7. The van der Waals surface area contributed by atoms with Crippen molar-refractivity contribution in [2.75, 3.05) is 24.8 Å². The van der Waals surface area contributed by atoms with Crippen molar-refractivity contribution in [2.45, 2.75) is 18.9 Å². The maximum absolute atomic E-state index is 12.7. The summed E-state index contributed by atoms with van der Waals surface area (Å²) in [4.78, 5) is 20.5. The molecule has 0 aliphatic carbocycles. The van der Waals surface area contributed by atoms with Crippen molar-refractivity contribution < 1.29 is 14.3 Å². The molecule has 8 heteroatoms. The van der Waals surface area contributed by atoms with Crippen LogP contribution in [-0.4, -0.2) is 29.6 Å². The maximum atomic E-state index is 12.7. The van der Waals surface area contributed by atoms with Gasteiger partial charge in [-0.05, 0) is 37.1 Å². The van der Waals surface area contributed by atoms with Gasteiger partial charge in [-0.3, -0.25) is 4.79 Å². The van der Waals surface area contributed by atoms with Crippen LogP contribution in [0.2, 0.25) is 5.02 Å². The maximum Gasteiger partial charge on any atom is 0.259 e. The molecular formula is C19H19ClN4O3. The summed E-state index contributed by atoms with van der Waals surface area (Å²) in [5.41, 5.74) is 8.72. The van der Waals surface area contributed by atoms with Crippen molar-refractivity contribution in [2.24, 2.45) is 0 Å². The molecule has 0 saturated carbocycles. The second-order valence-corrected chi connectivity index (χ2v) is 6.79. The van der Waals surface area contributed by atoms with Crippen molar-refractivity contribution in [1.82, 2.24) is 9.97 Å². The Morgan fingerprint density at radius 2 is 2.26 bits per heavy atom. The molecule has 0 radical (unpaired) electrons. The van der Waals surface area contributed by atoms with Gasteiger partial charge in [0.25, 0.3) is 5.91 Å². The van der Waals surface area contributed by atoms with Gasteiger partial charge in [0.2, 0.25) is 0 Å². The average molecular weight is 387 g/mol. The summed E-state index contributed by atoms with van der Waals surface area (Å²) >= 11 is 6.05. The monoisotopic (exact) mass is 386 g/mol. The Morgan fingerprint density at radius 1 is 1.41 bits per heavy atom. The van der Waals surface area contributed by atoms with Gasteiger partial charge in [-0.25, -0.2) is 4.98 Å². The quantitative estimate of drug-likeness (QED) is 0.590. The highest BCUT2D eigenvalue weighted by Gasteiger charge is 2.21. The van der Waals surface area contributed by atoms with E-state index in [-0.39, 0.29) is 12.0 Å². The number of hydrogen-bond donors (Lipinski definition) is 3. The number of ether oxygens (including phenoxy) is 2. The van der Waals surface area contributed by atoms with E-state index in [1.54, 1.807) is 6.07 Å². The highest BCUT2D eigenvalue weighted by atomic mass is 35.5. The number of imidazole rings is 1. The largest absolute Gasteiger partial charge is 0.496 e. The number of hydrogen-bond acceptors (Lipinski definition) is 5. The molecule has 27 heavy (non-hydrogen) atoms. The van der Waals surface area contributed by atoms with E-state index in [4.69, 9.17) is 26.8 Å². The molecule has 0 spiro atoms. The summed E-state index contributed by atoms with van der Waals surface area (Å²) in [6, 6.07) is 8.52. The summed E-state index contributed by atoms with van der Waals surface area (Å²) < 4.78 is 10.9. The van der Waals surface area contributed by atoms with Crippen molar-refractivity contribution in [3.63, 3.8) is 0 Å². The van der Waals surface area contributed by atoms with E-state index in [1.807, 2.05) is 12.1 Å². The summed E-state index contributed by atoms with van der Waals surface area (Å²) in [5.74, 6) is 0.836. The van der Waals surface area contributed by atoms with E-state index >= 15 is 0 Å². The van der Waals surface area contributed by atoms with Gasteiger partial charge in [0.05, 0.1) is 34.4 Å². The van der Waals surface area contributed by atoms with Crippen molar-refractivity contribution in [3.8, 4) is 5.75 Å². The van der Waals surface area contributed by atoms with Gasteiger partial charge in [0, 0.05) is 18.4 Å². The summed E-state index contributed by atoms with van der Waals surface area (Å²) in [5, 5.41) is 3.15. The number of aromatic amines is 1. The first-order valence-electron chi connectivity index (χ1n) is 8.61. The highest BCUT2D eigenvalue weighted by Crippen LogP contribution is 2.31. The van der Waals surface area contributed by atoms with Crippen LogP contribution in [-0.2, 0) is 4.74 Å². The van der Waals surface area contributed by atoms with Crippen LogP contribution in [0, 0.1) is 0 Å². The number of nitrogens with two attached hydrogens (primary N) is 1. The normalized spacial score (nSPS) is 16.6. The molecule has 7 nitrogen and oxygen atoms in total. The predicted octanol–water partition coefficient (Wildman–Crippen LogP) is 3.91. The Balaban J connectivity index is 1.59. The summed E-state index contributed by atoms with van der Waals surface area (Å²) in [7, 11) is 1.47. The number of benzene rings is 2. The zero-order chi connectivity index (χ0) is 19.0. The first-order chi connectivity index (χ1) is 13.0. The number of H-pyrrole nitrogens is 1. The third kappa shape index (κ3) is 3.43. The van der Waals surface area contributed by atoms with Crippen LogP contribution in [0.3, 0.4) is 0 Å². The van der Waals surface area contributed by atoms with Gasteiger partial charge >= 0.3 is 0 Å². The number of nitrogens with one attached hydrogen (secondary N) is 2. The van der Waals surface area contributed by atoms with Gasteiger partial charge in [0.15, 0.2) is 0 Å². The first-order valence-corrected chi connectivity index (χ1v) is 8.98. The molecule has 2 heterocycles. The van der Waals surface area contributed by atoms with Crippen LogP contribution in [0.5, 0.6) is 5.75 Å². The third-order valence-electron chi connectivity index (χ3n) is 4.56. The number of rotatable bonds is 4. The van der Waals surface area contributed by atoms with Crippen LogP contribution >= 0.6 is 11.6 Å². The summed E-state index contributed by atoms with van der Waals surface area (Å²) in [6.07, 6.45) is 2.01. The molecule has 3 aromatic rings. The second kappa shape index (κ2) is 7.09. The molecule has 140 valence electrons. The Bertz CT molecular complexity index is 1010. The molecule has 2 aromatic carbocycles. The number of carbonyl (C=O) groups excluding carboxylic acids is 1. The lowest BCUT2D eigenvalue weighted by atomic mass is 10.1. The molecule has 4 rings (SSSR count). The van der Waals surface area contributed by atoms with Gasteiger partial charge in [0.1, 0.15) is 17.7 Å². The van der Waals surface area contributed by atoms with Crippen molar-refractivity contribution >= 4 is 39.9 Å². The molecule has 4 N–H and O–H groups in total. The minimum absolute atomic E-state index is 0.0108. The molecule has 1 unspecified atom stereocenters. The standard InChI is InChI=1S/C19H19ClN4O3/c1-26-17-9-13(21)12(20)8-11(17)19(25)22-10-4-5-14-15(7-10)24-18(23-14)16-3-2-6-27-16/h4-5,7-9,16H,2-3,6,21H2,1H3,(H,22,25)(H,23,24). The molecule has 1 atom stereocenters. The Hall–Kier alpha value is -2.77. The molecule has 1 aliphatic heterocycles. The van der Waals surface area contributed by atoms with E-state index in [0.717, 1.165) is 36.3 Å². The van der Waals surface area contributed by atoms with Gasteiger partial charge in [-0.15, -0.1) is 0 Å². The van der Waals surface area contributed by atoms with E-state index < -0.39 is 0 Å².